The van der Waals surface area contributed by atoms with Gasteiger partial charge in [-0.25, -0.2) is 0 Å². The highest BCUT2D eigenvalue weighted by molar-refractivity contribution is 6.37. The third-order valence-corrected chi connectivity index (χ3v) is 2.19. The van der Waals surface area contributed by atoms with Crippen LogP contribution >= 0.6 is 23.2 Å². The zero-order valence-electron chi connectivity index (χ0n) is 7.61. The molecule has 0 atom stereocenters. The number of nitrogens with zero attached hydrogens (tertiary/aromatic N) is 2. The summed E-state index contributed by atoms with van der Waals surface area (Å²) >= 11 is 11.4. The first-order valence-electron chi connectivity index (χ1n) is 3.76. The maximum Gasteiger partial charge on any atom is 0.288 e. The number of nitro benzene ring substituents is 1. The number of oxime groups is 1. The molecule has 1 aromatic carbocycles. The molecule has 1 rings (SSSR count). The Morgan fingerprint density at radius 1 is 1.47 bits per heavy atom. The highest BCUT2D eigenvalue weighted by Crippen LogP contribution is 2.29. The highest BCUT2D eigenvalue weighted by atomic mass is 35.5. The molecule has 0 fully saturated rings. The molecule has 5 nitrogen and oxygen atoms in total. The van der Waals surface area contributed by atoms with Gasteiger partial charge in [-0.15, -0.1) is 0 Å². The maximum atomic E-state index is 10.6. The van der Waals surface area contributed by atoms with E-state index < -0.39 is 4.92 Å². The Morgan fingerprint density at radius 2 is 2.13 bits per heavy atom. The normalized spacial score (nSPS) is 10.6. The molecule has 80 valence electrons. The standard InChI is InChI=1S/C8H6Cl2N2O3/c1-15-11-4-5-2-8(12(13)14)7(10)3-6(5)9/h2-4H,1H3/b11-4+. The lowest BCUT2D eigenvalue weighted by Gasteiger charge is -1.99. The van der Waals surface area contributed by atoms with Crippen molar-refractivity contribution in [3.63, 3.8) is 0 Å². The molecular formula is C8H6Cl2N2O3. The van der Waals surface area contributed by atoms with Gasteiger partial charge in [-0.1, -0.05) is 28.4 Å². The summed E-state index contributed by atoms with van der Waals surface area (Å²) in [4.78, 5) is 14.4. The van der Waals surface area contributed by atoms with E-state index >= 15 is 0 Å². The van der Waals surface area contributed by atoms with E-state index in [2.05, 4.69) is 9.99 Å². The van der Waals surface area contributed by atoms with Crippen molar-refractivity contribution in [2.75, 3.05) is 7.11 Å². The molecule has 0 saturated carbocycles. The minimum atomic E-state index is -0.594. The molecule has 1 aromatic rings. The van der Waals surface area contributed by atoms with E-state index in [1.807, 2.05) is 0 Å². The summed E-state index contributed by atoms with van der Waals surface area (Å²) in [5.41, 5.74) is 0.147. The van der Waals surface area contributed by atoms with Crippen LogP contribution in [0.1, 0.15) is 5.56 Å². The van der Waals surface area contributed by atoms with E-state index in [-0.39, 0.29) is 15.7 Å². The van der Waals surface area contributed by atoms with Gasteiger partial charge in [-0.05, 0) is 6.07 Å². The van der Waals surface area contributed by atoms with Gasteiger partial charge in [0.2, 0.25) is 0 Å². The van der Waals surface area contributed by atoms with Gasteiger partial charge >= 0.3 is 0 Å². The number of halogens is 2. The smallest absolute Gasteiger partial charge is 0.288 e. The van der Waals surface area contributed by atoms with Crippen molar-refractivity contribution >= 4 is 35.1 Å². The van der Waals surface area contributed by atoms with E-state index in [1.165, 1.54) is 25.5 Å². The predicted molar refractivity (Wildman–Crippen MR) is 57.7 cm³/mol. The van der Waals surface area contributed by atoms with Crippen molar-refractivity contribution in [2.45, 2.75) is 0 Å². The van der Waals surface area contributed by atoms with Gasteiger partial charge in [-0.2, -0.15) is 0 Å². The Labute approximate surface area is 95.4 Å². The Kier molecular flexibility index (Phi) is 3.88. The predicted octanol–water partition coefficient (Wildman–Crippen LogP) is 2.88. The van der Waals surface area contributed by atoms with Crippen LogP contribution < -0.4 is 0 Å². The molecule has 0 aliphatic rings. The van der Waals surface area contributed by atoms with Crippen molar-refractivity contribution in [3.8, 4) is 0 Å². The molecule has 0 radical (unpaired) electrons. The van der Waals surface area contributed by atoms with Gasteiger partial charge in [-0.3, -0.25) is 10.1 Å². The van der Waals surface area contributed by atoms with Crippen LogP contribution in [-0.2, 0) is 4.84 Å². The summed E-state index contributed by atoms with van der Waals surface area (Å²) in [6.45, 7) is 0. The lowest BCUT2D eigenvalue weighted by atomic mass is 10.2. The van der Waals surface area contributed by atoms with E-state index in [9.17, 15) is 10.1 Å². The van der Waals surface area contributed by atoms with Crippen molar-refractivity contribution in [1.29, 1.82) is 0 Å². The molecule has 0 aliphatic heterocycles. The summed E-state index contributed by atoms with van der Waals surface area (Å²) in [6.07, 6.45) is 1.27. The van der Waals surface area contributed by atoms with E-state index in [4.69, 9.17) is 23.2 Å². The Balaban J connectivity index is 3.23. The first kappa shape index (κ1) is 11.7. The minimum absolute atomic E-state index is 0.0143. The quantitative estimate of drug-likeness (QED) is 0.470. The lowest BCUT2D eigenvalue weighted by Crippen LogP contribution is -1.92. The molecule has 0 N–H and O–H groups in total. The van der Waals surface area contributed by atoms with Crippen LogP contribution in [0.25, 0.3) is 0 Å². The molecule has 0 heterocycles. The van der Waals surface area contributed by atoms with Crippen LogP contribution in [0.15, 0.2) is 17.3 Å². The first-order chi connectivity index (χ1) is 7.06. The van der Waals surface area contributed by atoms with Gasteiger partial charge in [0.25, 0.3) is 5.69 Å². The van der Waals surface area contributed by atoms with E-state index in [1.54, 1.807) is 0 Å². The SMILES string of the molecule is CO/N=C/c1cc([N+](=O)[O-])c(Cl)cc1Cl. The third kappa shape index (κ3) is 2.81. The van der Waals surface area contributed by atoms with Gasteiger partial charge in [0.15, 0.2) is 0 Å². The minimum Gasteiger partial charge on any atom is -0.399 e. The fourth-order valence-electron chi connectivity index (χ4n) is 0.902. The average Bonchev–Trinajstić information content (AvgIpc) is 2.16. The van der Waals surface area contributed by atoms with Gasteiger partial charge < -0.3 is 4.84 Å². The molecule has 0 bridgehead atoms. The second-order valence-corrected chi connectivity index (χ2v) is 3.31. The van der Waals surface area contributed by atoms with Gasteiger partial charge in [0.05, 0.1) is 16.2 Å². The van der Waals surface area contributed by atoms with Crippen molar-refractivity contribution in [2.24, 2.45) is 5.16 Å². The topological polar surface area (TPSA) is 64.7 Å². The fourth-order valence-corrected chi connectivity index (χ4v) is 1.40. The Hall–Kier alpha value is -1.33. The van der Waals surface area contributed by atoms with Crippen molar-refractivity contribution in [3.05, 3.63) is 37.9 Å². The molecule has 0 unspecified atom stereocenters. The second kappa shape index (κ2) is 4.95. The van der Waals surface area contributed by atoms with Crippen LogP contribution in [0.5, 0.6) is 0 Å². The van der Waals surface area contributed by atoms with Crippen LogP contribution in [-0.4, -0.2) is 18.2 Å². The zero-order chi connectivity index (χ0) is 11.4. The van der Waals surface area contributed by atoms with Crippen LogP contribution in [0.4, 0.5) is 5.69 Å². The second-order valence-electron chi connectivity index (χ2n) is 2.50. The van der Waals surface area contributed by atoms with E-state index in [0.29, 0.717) is 5.56 Å². The number of hydrogen-bond acceptors (Lipinski definition) is 4. The highest BCUT2D eigenvalue weighted by Gasteiger charge is 2.15. The fraction of sp³-hybridized carbons (Fsp3) is 0.125. The molecule has 0 spiro atoms. The van der Waals surface area contributed by atoms with Gasteiger partial charge in [0.1, 0.15) is 12.1 Å². The van der Waals surface area contributed by atoms with Crippen molar-refractivity contribution in [1.82, 2.24) is 0 Å². The summed E-state index contributed by atoms with van der Waals surface area (Å²) in [5.74, 6) is 0. The first-order valence-corrected chi connectivity index (χ1v) is 4.52. The largest absolute Gasteiger partial charge is 0.399 e. The molecule has 15 heavy (non-hydrogen) atoms. The lowest BCUT2D eigenvalue weighted by molar-refractivity contribution is -0.384. The third-order valence-electron chi connectivity index (χ3n) is 1.56. The molecule has 0 aliphatic carbocycles. The molecule has 0 aromatic heterocycles. The summed E-state index contributed by atoms with van der Waals surface area (Å²) in [6, 6.07) is 2.52. The van der Waals surface area contributed by atoms with Crippen LogP contribution in [0.3, 0.4) is 0 Å². The Morgan fingerprint density at radius 3 is 2.67 bits per heavy atom. The summed E-state index contributed by atoms with van der Waals surface area (Å²) in [7, 11) is 1.36. The number of hydrogen-bond donors (Lipinski definition) is 0. The maximum absolute atomic E-state index is 10.6. The summed E-state index contributed by atoms with van der Waals surface area (Å²) in [5, 5.41) is 14.3. The van der Waals surface area contributed by atoms with Crippen LogP contribution in [0, 0.1) is 10.1 Å². The van der Waals surface area contributed by atoms with Crippen molar-refractivity contribution < 1.29 is 9.76 Å². The monoisotopic (exact) mass is 248 g/mol. The van der Waals surface area contributed by atoms with Crippen LogP contribution in [0.2, 0.25) is 10.0 Å². The number of benzene rings is 1. The molecule has 0 amide bonds. The zero-order valence-corrected chi connectivity index (χ0v) is 9.12. The van der Waals surface area contributed by atoms with Gasteiger partial charge in [0, 0.05) is 11.6 Å². The number of nitro groups is 1. The summed E-state index contributed by atoms with van der Waals surface area (Å²) < 4.78 is 0. The average molecular weight is 249 g/mol. The molecule has 7 heteroatoms. The molecular weight excluding hydrogens is 243 g/mol. The Bertz CT molecular complexity index is 421. The van der Waals surface area contributed by atoms with E-state index in [0.717, 1.165) is 0 Å². The molecule has 0 saturated heterocycles. The number of rotatable bonds is 3.